The molecule has 0 bridgehead atoms. The number of hydrogen-bond acceptors (Lipinski definition) is 4. The number of rotatable bonds is 4. The molecule has 0 saturated carbocycles. The fourth-order valence-corrected chi connectivity index (χ4v) is 2.17. The lowest BCUT2D eigenvalue weighted by Gasteiger charge is -2.03. The van der Waals surface area contributed by atoms with Gasteiger partial charge < -0.3 is 5.32 Å². The van der Waals surface area contributed by atoms with Crippen LogP contribution in [0.4, 0.5) is 5.69 Å². The first-order valence-corrected chi connectivity index (χ1v) is 7.93. The van der Waals surface area contributed by atoms with Crippen LogP contribution in [0.25, 0.3) is 5.69 Å². The molecular weight excluding hydrogens is 330 g/mol. The number of para-hydroxylation sites is 1. The molecule has 0 aliphatic rings. The van der Waals surface area contributed by atoms with Gasteiger partial charge in [-0.15, -0.1) is 0 Å². The van der Waals surface area contributed by atoms with Gasteiger partial charge >= 0.3 is 11.8 Å². The van der Waals surface area contributed by atoms with Crippen LogP contribution in [0.3, 0.4) is 0 Å². The molecule has 1 heterocycles. The summed E-state index contributed by atoms with van der Waals surface area (Å²) in [4.78, 5) is 23.6. The Balaban J connectivity index is 1.55. The number of carbonyl (C=O) groups excluding carboxylic acids is 2. The van der Waals surface area contributed by atoms with Crippen LogP contribution in [0.2, 0.25) is 0 Å². The van der Waals surface area contributed by atoms with Gasteiger partial charge in [0.05, 0.1) is 18.1 Å². The van der Waals surface area contributed by atoms with E-state index >= 15 is 0 Å². The Bertz CT molecular complexity index is 930. The standard InChI is InChI=1S/C19H17N5O2/c1-14-7-9-16(10-8-14)22-18(25)19(26)23-20-11-15-12-21-24(13-15)17-5-3-2-4-6-17/h2-13H,1H3,(H,22,25)(H,23,26)/b20-11-. The van der Waals surface area contributed by atoms with E-state index in [-0.39, 0.29) is 0 Å². The summed E-state index contributed by atoms with van der Waals surface area (Å²) in [7, 11) is 0. The number of amides is 2. The van der Waals surface area contributed by atoms with E-state index in [0.29, 0.717) is 11.3 Å². The predicted octanol–water partition coefficient (Wildman–Crippen LogP) is 2.27. The molecule has 7 heteroatoms. The maximum Gasteiger partial charge on any atom is 0.329 e. The van der Waals surface area contributed by atoms with Crippen LogP contribution >= 0.6 is 0 Å². The largest absolute Gasteiger partial charge is 0.329 e. The average molecular weight is 347 g/mol. The maximum atomic E-state index is 11.8. The summed E-state index contributed by atoms with van der Waals surface area (Å²) in [6, 6.07) is 16.7. The molecule has 7 nitrogen and oxygen atoms in total. The van der Waals surface area contributed by atoms with Gasteiger partial charge in [-0.25, -0.2) is 10.1 Å². The molecule has 1 aromatic heterocycles. The summed E-state index contributed by atoms with van der Waals surface area (Å²) in [5.74, 6) is -1.64. The van der Waals surface area contributed by atoms with E-state index in [1.54, 1.807) is 29.2 Å². The first kappa shape index (κ1) is 17.1. The second-order valence-corrected chi connectivity index (χ2v) is 5.57. The number of hydrazone groups is 1. The second-order valence-electron chi connectivity index (χ2n) is 5.57. The highest BCUT2D eigenvalue weighted by atomic mass is 16.2. The van der Waals surface area contributed by atoms with Crippen molar-refractivity contribution in [3.63, 3.8) is 0 Å². The molecule has 2 N–H and O–H groups in total. The van der Waals surface area contributed by atoms with Crippen LogP contribution in [0.15, 0.2) is 72.1 Å². The van der Waals surface area contributed by atoms with Gasteiger partial charge in [0.25, 0.3) is 0 Å². The Kier molecular flexibility index (Phi) is 5.19. The number of carbonyl (C=O) groups is 2. The van der Waals surface area contributed by atoms with Crippen LogP contribution in [-0.2, 0) is 9.59 Å². The Hall–Kier alpha value is -3.74. The van der Waals surface area contributed by atoms with Crippen molar-refractivity contribution in [3.8, 4) is 5.69 Å². The SMILES string of the molecule is Cc1ccc(NC(=O)C(=O)N/N=C\c2cnn(-c3ccccc3)c2)cc1. The van der Waals surface area contributed by atoms with E-state index in [1.165, 1.54) is 6.21 Å². The normalized spacial score (nSPS) is 10.7. The molecule has 0 fully saturated rings. The summed E-state index contributed by atoms with van der Waals surface area (Å²) < 4.78 is 1.69. The van der Waals surface area contributed by atoms with Crippen LogP contribution in [-0.4, -0.2) is 27.8 Å². The van der Waals surface area contributed by atoms with E-state index in [2.05, 4.69) is 20.9 Å². The van der Waals surface area contributed by atoms with Gasteiger partial charge in [-0.2, -0.15) is 10.2 Å². The number of benzene rings is 2. The molecule has 3 rings (SSSR count). The van der Waals surface area contributed by atoms with Crippen LogP contribution < -0.4 is 10.7 Å². The Morgan fingerprint density at radius 3 is 2.50 bits per heavy atom. The van der Waals surface area contributed by atoms with Gasteiger partial charge in [-0.3, -0.25) is 9.59 Å². The van der Waals surface area contributed by atoms with Gasteiger partial charge in [0.15, 0.2) is 0 Å². The summed E-state index contributed by atoms with van der Waals surface area (Å²) >= 11 is 0. The molecule has 130 valence electrons. The fraction of sp³-hybridized carbons (Fsp3) is 0.0526. The van der Waals surface area contributed by atoms with Crippen molar-refractivity contribution in [1.29, 1.82) is 0 Å². The Morgan fingerprint density at radius 2 is 1.77 bits per heavy atom. The molecule has 0 saturated heterocycles. The highest BCUT2D eigenvalue weighted by molar-refractivity contribution is 6.39. The number of nitrogens with zero attached hydrogens (tertiary/aromatic N) is 3. The van der Waals surface area contributed by atoms with E-state index < -0.39 is 11.8 Å². The quantitative estimate of drug-likeness (QED) is 0.431. The molecule has 0 spiro atoms. The zero-order chi connectivity index (χ0) is 18.4. The first-order valence-electron chi connectivity index (χ1n) is 7.93. The summed E-state index contributed by atoms with van der Waals surface area (Å²) in [6.07, 6.45) is 4.79. The van der Waals surface area contributed by atoms with Crippen LogP contribution in [0.5, 0.6) is 0 Å². The number of aryl methyl sites for hydroxylation is 1. The maximum absolute atomic E-state index is 11.8. The van der Waals surface area contributed by atoms with Crippen molar-refractivity contribution in [1.82, 2.24) is 15.2 Å². The van der Waals surface area contributed by atoms with Crippen molar-refractivity contribution in [3.05, 3.63) is 78.1 Å². The van der Waals surface area contributed by atoms with Crippen molar-refractivity contribution < 1.29 is 9.59 Å². The smallest absolute Gasteiger partial charge is 0.318 e. The topological polar surface area (TPSA) is 88.4 Å². The fourth-order valence-electron chi connectivity index (χ4n) is 2.17. The minimum absolute atomic E-state index is 0.545. The molecule has 0 aliphatic heterocycles. The zero-order valence-electron chi connectivity index (χ0n) is 14.1. The van der Waals surface area contributed by atoms with E-state index in [9.17, 15) is 9.59 Å². The molecule has 2 amide bonds. The van der Waals surface area contributed by atoms with Crippen LogP contribution in [0, 0.1) is 6.92 Å². The predicted molar refractivity (Wildman–Crippen MR) is 99.1 cm³/mol. The lowest BCUT2D eigenvalue weighted by atomic mass is 10.2. The third-order valence-electron chi connectivity index (χ3n) is 3.52. The zero-order valence-corrected chi connectivity index (χ0v) is 14.1. The minimum Gasteiger partial charge on any atom is -0.318 e. The van der Waals surface area contributed by atoms with E-state index in [4.69, 9.17) is 0 Å². The van der Waals surface area contributed by atoms with Crippen molar-refractivity contribution in [2.24, 2.45) is 5.10 Å². The lowest BCUT2D eigenvalue weighted by molar-refractivity contribution is -0.136. The Labute approximate surface area is 150 Å². The van der Waals surface area contributed by atoms with Crippen molar-refractivity contribution in [2.75, 3.05) is 5.32 Å². The molecule has 26 heavy (non-hydrogen) atoms. The van der Waals surface area contributed by atoms with E-state index in [0.717, 1.165) is 11.3 Å². The van der Waals surface area contributed by atoms with Crippen molar-refractivity contribution >= 4 is 23.7 Å². The third kappa shape index (κ3) is 4.41. The second kappa shape index (κ2) is 7.89. The monoisotopic (exact) mass is 347 g/mol. The molecule has 3 aromatic rings. The molecule has 0 aliphatic carbocycles. The Morgan fingerprint density at radius 1 is 1.04 bits per heavy atom. The summed E-state index contributed by atoms with van der Waals surface area (Å²) in [6.45, 7) is 1.94. The highest BCUT2D eigenvalue weighted by Crippen LogP contribution is 2.08. The average Bonchev–Trinajstić information content (AvgIpc) is 3.13. The van der Waals surface area contributed by atoms with Crippen LogP contribution in [0.1, 0.15) is 11.1 Å². The number of anilines is 1. The number of nitrogens with one attached hydrogen (secondary N) is 2. The molecule has 0 radical (unpaired) electrons. The summed E-state index contributed by atoms with van der Waals surface area (Å²) in [5.41, 5.74) is 5.40. The molecular formula is C19H17N5O2. The number of hydrogen-bond donors (Lipinski definition) is 2. The van der Waals surface area contributed by atoms with Gasteiger partial charge in [0.2, 0.25) is 0 Å². The van der Waals surface area contributed by atoms with Gasteiger partial charge in [-0.05, 0) is 31.2 Å². The highest BCUT2D eigenvalue weighted by Gasteiger charge is 2.12. The van der Waals surface area contributed by atoms with Crippen molar-refractivity contribution in [2.45, 2.75) is 6.92 Å². The molecule has 2 aromatic carbocycles. The minimum atomic E-state index is -0.850. The van der Waals surface area contributed by atoms with Gasteiger partial charge in [0, 0.05) is 17.4 Å². The lowest BCUT2D eigenvalue weighted by Crippen LogP contribution is -2.32. The first-order chi connectivity index (χ1) is 12.6. The molecule has 0 atom stereocenters. The third-order valence-corrected chi connectivity index (χ3v) is 3.52. The van der Waals surface area contributed by atoms with Gasteiger partial charge in [-0.1, -0.05) is 35.9 Å². The van der Waals surface area contributed by atoms with E-state index in [1.807, 2.05) is 49.4 Å². The van der Waals surface area contributed by atoms with Gasteiger partial charge in [0.1, 0.15) is 0 Å². The summed E-state index contributed by atoms with van der Waals surface area (Å²) in [5, 5.41) is 10.5. The number of aromatic nitrogens is 2. The molecule has 0 unspecified atom stereocenters.